The van der Waals surface area contributed by atoms with E-state index in [9.17, 15) is 9.59 Å². The molecule has 0 aliphatic heterocycles. The lowest BCUT2D eigenvalue weighted by Gasteiger charge is -2.22. The van der Waals surface area contributed by atoms with Gasteiger partial charge in [-0.05, 0) is 71.8 Å². The van der Waals surface area contributed by atoms with Crippen LogP contribution in [0.4, 0.5) is 0 Å². The first-order valence-corrected chi connectivity index (χ1v) is 18.8. The fourth-order valence-corrected chi connectivity index (χ4v) is 4.84. The van der Waals surface area contributed by atoms with Crippen molar-refractivity contribution < 1.29 is 43.1 Å². The molecule has 10 nitrogen and oxygen atoms in total. The SMILES string of the molecule is C/C=C\CCCCCCCC(=O)OCCOCCOCCN(CCCCO)CCOCCOCCOC(=O)CCCCCCC/C=C\C. The van der Waals surface area contributed by atoms with E-state index in [2.05, 4.69) is 29.2 Å². The zero-order valence-electron chi connectivity index (χ0n) is 30.7. The molecule has 0 atom stereocenters. The number of hydrogen-bond donors (Lipinski definition) is 1. The van der Waals surface area contributed by atoms with Crippen molar-refractivity contribution in [3.05, 3.63) is 24.3 Å². The standard InChI is InChI=1S/C38H71NO9/c1-3-5-7-9-11-13-15-17-21-37(41)47-35-33-45-31-29-43-27-24-39(23-19-20-26-40)25-28-44-30-32-46-34-36-48-38(42)22-18-16-14-12-10-8-6-4-2/h3-6,40H,7-36H2,1-2H3/b5-3-,6-4-. The lowest BCUT2D eigenvalue weighted by molar-refractivity contribution is -0.146. The summed E-state index contributed by atoms with van der Waals surface area (Å²) >= 11 is 0. The maximum Gasteiger partial charge on any atom is 0.305 e. The molecule has 0 fully saturated rings. The van der Waals surface area contributed by atoms with E-state index in [-0.39, 0.29) is 31.8 Å². The van der Waals surface area contributed by atoms with Gasteiger partial charge in [-0.3, -0.25) is 14.5 Å². The maximum atomic E-state index is 11.8. The Balaban J connectivity index is 3.67. The summed E-state index contributed by atoms with van der Waals surface area (Å²) in [5.74, 6) is -0.301. The van der Waals surface area contributed by atoms with E-state index in [4.69, 9.17) is 33.5 Å². The van der Waals surface area contributed by atoms with E-state index in [1.54, 1.807) is 0 Å². The number of unbranched alkanes of at least 4 members (excludes halogenated alkanes) is 11. The smallest absolute Gasteiger partial charge is 0.305 e. The first-order chi connectivity index (χ1) is 23.6. The summed E-state index contributed by atoms with van der Waals surface area (Å²) in [5.41, 5.74) is 0. The maximum absolute atomic E-state index is 11.8. The third-order valence-corrected chi connectivity index (χ3v) is 7.69. The van der Waals surface area contributed by atoms with E-state index in [1.807, 2.05) is 13.8 Å². The summed E-state index contributed by atoms with van der Waals surface area (Å²) in [6.45, 7) is 11.0. The van der Waals surface area contributed by atoms with Crippen LogP contribution < -0.4 is 0 Å². The molecular formula is C38H71NO9. The average molecular weight is 686 g/mol. The molecule has 0 aliphatic carbocycles. The van der Waals surface area contributed by atoms with Gasteiger partial charge in [0.25, 0.3) is 0 Å². The Morgan fingerprint density at radius 2 is 0.875 bits per heavy atom. The van der Waals surface area contributed by atoms with Gasteiger partial charge in [0.15, 0.2) is 0 Å². The summed E-state index contributed by atoms with van der Waals surface area (Å²) < 4.78 is 33.0. The Morgan fingerprint density at radius 3 is 1.31 bits per heavy atom. The highest BCUT2D eigenvalue weighted by atomic mass is 16.6. The van der Waals surface area contributed by atoms with Crippen LogP contribution in [0.2, 0.25) is 0 Å². The molecule has 0 saturated heterocycles. The Bertz CT molecular complexity index is 692. The van der Waals surface area contributed by atoms with Crippen LogP contribution in [0.1, 0.15) is 117 Å². The highest BCUT2D eigenvalue weighted by Crippen LogP contribution is 2.09. The van der Waals surface area contributed by atoms with E-state index in [1.165, 1.54) is 25.7 Å². The summed E-state index contributed by atoms with van der Waals surface area (Å²) in [6, 6.07) is 0. The molecule has 282 valence electrons. The van der Waals surface area contributed by atoms with Gasteiger partial charge in [-0.25, -0.2) is 0 Å². The molecule has 0 aliphatic rings. The Morgan fingerprint density at radius 1 is 0.479 bits per heavy atom. The Hall–Kier alpha value is -1.82. The lowest BCUT2D eigenvalue weighted by atomic mass is 10.1. The van der Waals surface area contributed by atoms with Crippen LogP contribution in [0.25, 0.3) is 0 Å². The number of aliphatic hydroxyl groups is 1. The minimum Gasteiger partial charge on any atom is -0.463 e. The Labute approximate surface area is 292 Å². The van der Waals surface area contributed by atoms with Gasteiger partial charge in [0.05, 0.1) is 52.9 Å². The van der Waals surface area contributed by atoms with E-state index in [0.717, 1.165) is 83.8 Å². The molecule has 0 amide bonds. The van der Waals surface area contributed by atoms with Gasteiger partial charge in [0, 0.05) is 32.5 Å². The first kappa shape index (κ1) is 46.2. The van der Waals surface area contributed by atoms with Crippen LogP contribution in [-0.2, 0) is 38.0 Å². The second-order valence-electron chi connectivity index (χ2n) is 11.9. The van der Waals surface area contributed by atoms with E-state index < -0.39 is 0 Å². The molecule has 0 aromatic carbocycles. The minimum absolute atomic E-state index is 0.151. The zero-order valence-corrected chi connectivity index (χ0v) is 30.7. The first-order valence-electron chi connectivity index (χ1n) is 18.8. The summed E-state index contributed by atoms with van der Waals surface area (Å²) in [7, 11) is 0. The lowest BCUT2D eigenvalue weighted by Crippen LogP contribution is -2.32. The van der Waals surface area contributed by atoms with Crippen LogP contribution in [0.3, 0.4) is 0 Å². The van der Waals surface area contributed by atoms with Crippen LogP contribution >= 0.6 is 0 Å². The molecule has 0 radical (unpaired) electrons. The molecule has 0 saturated carbocycles. The highest BCUT2D eigenvalue weighted by Gasteiger charge is 2.07. The van der Waals surface area contributed by atoms with Crippen molar-refractivity contribution >= 4 is 11.9 Å². The molecule has 0 heterocycles. The summed E-state index contributed by atoms with van der Waals surface area (Å²) in [5, 5.41) is 9.13. The molecule has 0 spiro atoms. The van der Waals surface area contributed by atoms with Crippen LogP contribution in [0.5, 0.6) is 0 Å². The monoisotopic (exact) mass is 686 g/mol. The predicted molar refractivity (Wildman–Crippen MR) is 192 cm³/mol. The van der Waals surface area contributed by atoms with Gasteiger partial charge in [0.2, 0.25) is 0 Å². The normalized spacial score (nSPS) is 11.8. The number of aliphatic hydroxyl groups excluding tert-OH is 1. The average Bonchev–Trinajstić information content (AvgIpc) is 3.08. The van der Waals surface area contributed by atoms with Gasteiger partial charge < -0.3 is 33.5 Å². The number of rotatable bonds is 38. The third-order valence-electron chi connectivity index (χ3n) is 7.69. The quantitative estimate of drug-likeness (QED) is 0.0422. The minimum atomic E-state index is -0.151. The van der Waals surface area contributed by atoms with Gasteiger partial charge in [-0.15, -0.1) is 0 Å². The van der Waals surface area contributed by atoms with Crippen molar-refractivity contribution in [1.82, 2.24) is 4.90 Å². The number of nitrogens with zero attached hydrogens (tertiary/aromatic N) is 1. The van der Waals surface area contributed by atoms with Crippen molar-refractivity contribution in [2.24, 2.45) is 0 Å². The summed E-state index contributed by atoms with van der Waals surface area (Å²) in [4.78, 5) is 25.9. The summed E-state index contributed by atoms with van der Waals surface area (Å²) in [6.07, 6.45) is 24.6. The van der Waals surface area contributed by atoms with Gasteiger partial charge >= 0.3 is 11.9 Å². The van der Waals surface area contributed by atoms with Crippen LogP contribution in [0, 0.1) is 0 Å². The molecule has 1 N–H and O–H groups in total. The van der Waals surface area contributed by atoms with Gasteiger partial charge in [-0.1, -0.05) is 62.8 Å². The fraction of sp³-hybridized carbons (Fsp3) is 0.842. The van der Waals surface area contributed by atoms with Gasteiger partial charge in [0.1, 0.15) is 13.2 Å². The third kappa shape index (κ3) is 37.0. The second kappa shape index (κ2) is 39.6. The number of carbonyl (C=O) groups excluding carboxylic acids is 2. The van der Waals surface area contributed by atoms with E-state index in [0.29, 0.717) is 65.7 Å². The molecule has 0 rings (SSSR count). The van der Waals surface area contributed by atoms with Crippen molar-refractivity contribution in [3.8, 4) is 0 Å². The molecule has 0 aromatic heterocycles. The molecule has 0 aromatic rings. The van der Waals surface area contributed by atoms with Gasteiger partial charge in [-0.2, -0.15) is 0 Å². The largest absolute Gasteiger partial charge is 0.463 e. The molecule has 0 unspecified atom stereocenters. The van der Waals surface area contributed by atoms with Crippen molar-refractivity contribution in [2.45, 2.75) is 117 Å². The topological polar surface area (TPSA) is 113 Å². The molecule has 10 heteroatoms. The fourth-order valence-electron chi connectivity index (χ4n) is 4.84. The Kier molecular flexibility index (Phi) is 38.1. The van der Waals surface area contributed by atoms with Crippen molar-refractivity contribution in [2.75, 3.05) is 92.3 Å². The highest BCUT2D eigenvalue weighted by molar-refractivity contribution is 5.69. The van der Waals surface area contributed by atoms with Crippen molar-refractivity contribution in [3.63, 3.8) is 0 Å². The zero-order chi connectivity index (χ0) is 35.0. The van der Waals surface area contributed by atoms with Crippen LogP contribution in [-0.4, -0.2) is 114 Å². The number of ether oxygens (including phenoxy) is 6. The number of carbonyl (C=O) groups is 2. The molecular weight excluding hydrogens is 614 g/mol. The number of hydrogen-bond acceptors (Lipinski definition) is 10. The molecule has 0 bridgehead atoms. The predicted octanol–water partition coefficient (Wildman–Crippen LogP) is 6.83. The number of esters is 2. The van der Waals surface area contributed by atoms with Crippen LogP contribution in [0.15, 0.2) is 24.3 Å². The number of allylic oxidation sites excluding steroid dienone is 4. The van der Waals surface area contributed by atoms with Crippen molar-refractivity contribution in [1.29, 1.82) is 0 Å². The second-order valence-corrected chi connectivity index (χ2v) is 11.9. The van der Waals surface area contributed by atoms with E-state index >= 15 is 0 Å². The molecule has 48 heavy (non-hydrogen) atoms.